The fourth-order valence-electron chi connectivity index (χ4n) is 2.63. The zero-order valence-electron chi connectivity index (χ0n) is 15.8. The Balaban J connectivity index is 2.40. The molecule has 0 N–H and O–H groups in total. The molecule has 2 aromatic rings. The average molecular weight is 417 g/mol. The van der Waals surface area contributed by atoms with Crippen LogP contribution in [0.2, 0.25) is 0 Å². The van der Waals surface area contributed by atoms with E-state index in [-0.39, 0.29) is 6.10 Å². The lowest BCUT2D eigenvalue weighted by Gasteiger charge is -2.11. The summed E-state index contributed by atoms with van der Waals surface area (Å²) >= 11 is 3.53. The molecule has 0 aliphatic heterocycles. The van der Waals surface area contributed by atoms with Gasteiger partial charge in [-0.3, -0.25) is 0 Å². The van der Waals surface area contributed by atoms with E-state index in [1.165, 1.54) is 0 Å². The molecule has 1 aromatic carbocycles. The highest BCUT2D eigenvalue weighted by Crippen LogP contribution is 2.32. The molecule has 1 aromatic heterocycles. The van der Waals surface area contributed by atoms with Gasteiger partial charge in [-0.05, 0) is 66.4 Å². The summed E-state index contributed by atoms with van der Waals surface area (Å²) < 4.78 is 12.1. The average Bonchev–Trinajstić information content (AvgIpc) is 3.10. The third-order valence-corrected chi connectivity index (χ3v) is 4.56. The molecule has 0 atom stereocenters. The highest BCUT2D eigenvalue weighted by Gasteiger charge is 2.16. The molecule has 0 amide bonds. The van der Waals surface area contributed by atoms with E-state index < -0.39 is 0 Å². The predicted octanol–water partition coefficient (Wildman–Crippen LogP) is 6.60. The molecule has 0 saturated carbocycles. The number of nitrogens with zero attached hydrogens (tertiary/aromatic N) is 2. The summed E-state index contributed by atoms with van der Waals surface area (Å²) in [6.07, 6.45) is 3.58. The Morgan fingerprint density at radius 2 is 2.04 bits per heavy atom. The number of hydrogen-bond acceptors (Lipinski definition) is 4. The van der Waals surface area contributed by atoms with Crippen LogP contribution in [0.25, 0.3) is 17.0 Å². The molecule has 0 fully saturated rings. The van der Waals surface area contributed by atoms with Crippen molar-refractivity contribution in [3.8, 4) is 17.2 Å². The van der Waals surface area contributed by atoms with Crippen LogP contribution in [0, 0.1) is 0 Å². The van der Waals surface area contributed by atoms with Crippen LogP contribution in [-0.4, -0.2) is 16.2 Å². The monoisotopic (exact) mass is 416 g/mol. The Labute approximate surface area is 163 Å². The summed E-state index contributed by atoms with van der Waals surface area (Å²) in [5, 5.41) is 4.15. The minimum absolute atomic E-state index is 0.103. The van der Waals surface area contributed by atoms with E-state index in [0.717, 1.165) is 45.3 Å². The van der Waals surface area contributed by atoms with Crippen molar-refractivity contribution in [3.05, 3.63) is 58.9 Å². The van der Waals surface area contributed by atoms with Crippen LogP contribution in [0.15, 0.2) is 57.6 Å². The van der Waals surface area contributed by atoms with Gasteiger partial charge in [0.25, 0.3) is 5.89 Å². The van der Waals surface area contributed by atoms with Gasteiger partial charge in [0, 0.05) is 11.1 Å². The lowest BCUT2D eigenvalue weighted by molar-refractivity contribution is 0.241. The highest BCUT2D eigenvalue weighted by atomic mass is 79.9. The first-order chi connectivity index (χ1) is 12.4. The van der Waals surface area contributed by atoms with Gasteiger partial charge < -0.3 is 9.26 Å². The van der Waals surface area contributed by atoms with Crippen molar-refractivity contribution < 1.29 is 9.26 Å². The SMILES string of the molecule is C=C/C(=C(/CC)C(=C)CC)c1noc(-c2ccc(OC(C)C)c(Br)c2)n1. The number of rotatable bonds is 8. The molecule has 0 spiro atoms. The molecule has 1 heterocycles. The minimum atomic E-state index is 0.103. The predicted molar refractivity (Wildman–Crippen MR) is 110 cm³/mol. The van der Waals surface area contributed by atoms with Crippen molar-refractivity contribution in [3.63, 3.8) is 0 Å². The summed E-state index contributed by atoms with van der Waals surface area (Å²) in [7, 11) is 0. The van der Waals surface area contributed by atoms with E-state index in [2.05, 4.69) is 53.1 Å². The second kappa shape index (κ2) is 8.99. The van der Waals surface area contributed by atoms with Gasteiger partial charge in [0.15, 0.2) is 0 Å². The molecule has 0 unspecified atom stereocenters. The topological polar surface area (TPSA) is 48.2 Å². The van der Waals surface area contributed by atoms with Gasteiger partial charge in [0.1, 0.15) is 5.75 Å². The maximum absolute atomic E-state index is 5.74. The Morgan fingerprint density at radius 1 is 1.31 bits per heavy atom. The van der Waals surface area contributed by atoms with Gasteiger partial charge >= 0.3 is 0 Å². The Hall–Kier alpha value is -2.14. The standard InChI is InChI=1S/C21H25BrN2O2/c1-7-14(6)16(8-2)17(9-3)20-23-21(26-24-20)15-10-11-19(18(22)12-15)25-13(4)5/h9-13H,3,6-8H2,1-2,4-5H3/b17-16+. The number of allylic oxidation sites excluding steroid dienone is 4. The molecule has 5 heteroatoms. The van der Waals surface area contributed by atoms with E-state index in [9.17, 15) is 0 Å². The van der Waals surface area contributed by atoms with Crippen LogP contribution in [-0.2, 0) is 0 Å². The molecular weight excluding hydrogens is 392 g/mol. The fourth-order valence-corrected chi connectivity index (χ4v) is 3.10. The Bertz CT molecular complexity index is 834. The third-order valence-electron chi connectivity index (χ3n) is 3.94. The maximum Gasteiger partial charge on any atom is 0.258 e. The van der Waals surface area contributed by atoms with E-state index in [1.807, 2.05) is 32.0 Å². The first kappa shape index (κ1) is 20.2. The van der Waals surface area contributed by atoms with Gasteiger partial charge in [-0.2, -0.15) is 4.98 Å². The number of ether oxygens (including phenoxy) is 1. The van der Waals surface area contributed by atoms with Crippen molar-refractivity contribution in [1.29, 1.82) is 0 Å². The van der Waals surface area contributed by atoms with Crippen molar-refractivity contribution in [1.82, 2.24) is 10.1 Å². The van der Waals surface area contributed by atoms with E-state index >= 15 is 0 Å². The van der Waals surface area contributed by atoms with Crippen LogP contribution in [0.5, 0.6) is 5.75 Å². The van der Waals surface area contributed by atoms with Gasteiger partial charge in [0.2, 0.25) is 5.82 Å². The zero-order valence-corrected chi connectivity index (χ0v) is 17.4. The molecule has 0 aliphatic rings. The second-order valence-corrected chi connectivity index (χ2v) is 7.00. The molecule has 0 bridgehead atoms. The van der Waals surface area contributed by atoms with Crippen LogP contribution in [0.1, 0.15) is 46.4 Å². The summed E-state index contributed by atoms with van der Waals surface area (Å²) in [6, 6.07) is 5.71. The molecule has 0 aliphatic carbocycles. The van der Waals surface area contributed by atoms with Crippen LogP contribution in [0.3, 0.4) is 0 Å². The molecule has 0 saturated heterocycles. The number of benzene rings is 1. The van der Waals surface area contributed by atoms with Crippen molar-refractivity contribution in [2.24, 2.45) is 0 Å². The molecule has 2 rings (SSSR count). The van der Waals surface area contributed by atoms with Gasteiger partial charge in [-0.1, -0.05) is 43.8 Å². The van der Waals surface area contributed by atoms with E-state index in [0.29, 0.717) is 11.7 Å². The Morgan fingerprint density at radius 3 is 2.58 bits per heavy atom. The normalized spacial score (nSPS) is 12.1. The Kier molecular flexibility index (Phi) is 6.98. The van der Waals surface area contributed by atoms with Crippen LogP contribution < -0.4 is 4.74 Å². The van der Waals surface area contributed by atoms with Crippen LogP contribution in [0.4, 0.5) is 0 Å². The second-order valence-electron chi connectivity index (χ2n) is 6.14. The third kappa shape index (κ3) is 4.52. The molecule has 4 nitrogen and oxygen atoms in total. The van der Waals surface area contributed by atoms with Crippen molar-refractivity contribution in [2.75, 3.05) is 0 Å². The molecule has 138 valence electrons. The molecule has 0 radical (unpaired) electrons. The van der Waals surface area contributed by atoms with Crippen LogP contribution >= 0.6 is 15.9 Å². The smallest absolute Gasteiger partial charge is 0.258 e. The summed E-state index contributed by atoms with van der Waals surface area (Å²) in [6.45, 7) is 16.2. The lowest BCUT2D eigenvalue weighted by Crippen LogP contribution is -2.05. The summed E-state index contributed by atoms with van der Waals surface area (Å²) in [5.74, 6) is 1.76. The number of aromatic nitrogens is 2. The largest absolute Gasteiger partial charge is 0.490 e. The van der Waals surface area contributed by atoms with Crippen molar-refractivity contribution >= 4 is 21.5 Å². The first-order valence-corrected chi connectivity index (χ1v) is 9.54. The van der Waals surface area contributed by atoms with Gasteiger partial charge in [0.05, 0.1) is 10.6 Å². The van der Waals surface area contributed by atoms with Gasteiger partial charge in [-0.25, -0.2) is 0 Å². The van der Waals surface area contributed by atoms with Gasteiger partial charge in [-0.15, -0.1) is 0 Å². The number of halogens is 1. The number of hydrogen-bond donors (Lipinski definition) is 0. The molecular formula is C21H25BrN2O2. The van der Waals surface area contributed by atoms with E-state index in [4.69, 9.17) is 9.26 Å². The maximum atomic E-state index is 5.74. The highest BCUT2D eigenvalue weighted by molar-refractivity contribution is 9.10. The van der Waals surface area contributed by atoms with E-state index in [1.54, 1.807) is 6.08 Å². The minimum Gasteiger partial charge on any atom is -0.490 e. The first-order valence-electron chi connectivity index (χ1n) is 8.75. The molecule has 26 heavy (non-hydrogen) atoms. The fraction of sp³-hybridized carbons (Fsp3) is 0.333. The van der Waals surface area contributed by atoms with Crippen molar-refractivity contribution in [2.45, 2.75) is 46.6 Å². The summed E-state index contributed by atoms with van der Waals surface area (Å²) in [5.41, 5.74) is 3.86. The zero-order chi connectivity index (χ0) is 19.3. The lowest BCUT2D eigenvalue weighted by atomic mass is 9.96. The quantitative estimate of drug-likeness (QED) is 0.454. The summed E-state index contributed by atoms with van der Waals surface area (Å²) in [4.78, 5) is 4.56.